The van der Waals surface area contributed by atoms with E-state index in [1.165, 1.54) is 12.1 Å². The molecule has 0 saturated carbocycles. The third kappa shape index (κ3) is 3.91. The lowest BCUT2D eigenvalue weighted by atomic mass is 10.1. The van der Waals surface area contributed by atoms with Crippen LogP contribution in [0.25, 0.3) is 16.9 Å². The second kappa shape index (κ2) is 7.67. The molecule has 29 heavy (non-hydrogen) atoms. The van der Waals surface area contributed by atoms with Crippen LogP contribution in [0, 0.1) is 19.7 Å². The smallest absolute Gasteiger partial charge is 0.276 e. The van der Waals surface area contributed by atoms with Gasteiger partial charge in [-0.2, -0.15) is 5.10 Å². The third-order valence-corrected chi connectivity index (χ3v) is 4.61. The van der Waals surface area contributed by atoms with Crippen LogP contribution in [0.1, 0.15) is 21.6 Å². The summed E-state index contributed by atoms with van der Waals surface area (Å²) < 4.78 is 15.0. The first-order valence-corrected chi connectivity index (χ1v) is 9.16. The Kier molecular flexibility index (Phi) is 4.91. The Morgan fingerprint density at radius 2 is 1.83 bits per heavy atom. The highest BCUT2D eigenvalue weighted by molar-refractivity contribution is 6.04. The number of aryl methyl sites for hydroxylation is 2. The fourth-order valence-electron chi connectivity index (χ4n) is 3.05. The molecule has 2 heterocycles. The maximum absolute atomic E-state index is 13.4. The first kappa shape index (κ1) is 18.6. The van der Waals surface area contributed by atoms with E-state index in [2.05, 4.69) is 15.4 Å². The van der Waals surface area contributed by atoms with Gasteiger partial charge in [-0.1, -0.05) is 12.1 Å². The molecule has 4 aromatic rings. The zero-order chi connectivity index (χ0) is 20.4. The molecule has 1 amide bonds. The molecule has 5 nitrogen and oxygen atoms in total. The van der Waals surface area contributed by atoms with Crippen LogP contribution in [0.4, 0.5) is 10.1 Å². The fourth-order valence-corrected chi connectivity index (χ4v) is 3.05. The Hall–Kier alpha value is -3.80. The molecule has 2 aromatic heterocycles. The highest BCUT2D eigenvalue weighted by Gasteiger charge is 2.18. The van der Waals surface area contributed by atoms with E-state index in [0.717, 1.165) is 22.4 Å². The Morgan fingerprint density at radius 3 is 2.55 bits per heavy atom. The first-order valence-electron chi connectivity index (χ1n) is 9.16. The minimum Gasteiger partial charge on any atom is -0.320 e. The molecule has 0 radical (unpaired) electrons. The summed E-state index contributed by atoms with van der Waals surface area (Å²) in [5.74, 6) is -0.651. The van der Waals surface area contributed by atoms with Crippen molar-refractivity contribution in [2.75, 3.05) is 5.32 Å². The quantitative estimate of drug-likeness (QED) is 0.540. The van der Waals surface area contributed by atoms with Crippen LogP contribution < -0.4 is 5.32 Å². The lowest BCUT2D eigenvalue weighted by Gasteiger charge is -2.08. The molecule has 4 rings (SSSR count). The Bertz CT molecular complexity index is 1170. The largest absolute Gasteiger partial charge is 0.320 e. The fraction of sp³-hybridized carbons (Fsp3) is 0.0870. The molecule has 0 fully saturated rings. The van der Waals surface area contributed by atoms with Crippen molar-refractivity contribution in [3.05, 3.63) is 95.7 Å². The van der Waals surface area contributed by atoms with Crippen molar-refractivity contribution in [3.8, 4) is 16.9 Å². The van der Waals surface area contributed by atoms with E-state index < -0.39 is 0 Å². The SMILES string of the molecule is Cc1ccc(C)c(NC(=O)c2cc(-c3cccnc3)n(-c3ccc(F)cc3)n2)c1. The van der Waals surface area contributed by atoms with E-state index in [-0.39, 0.29) is 17.4 Å². The second-order valence-electron chi connectivity index (χ2n) is 6.82. The van der Waals surface area contributed by atoms with Gasteiger partial charge >= 0.3 is 0 Å². The molecule has 0 aliphatic carbocycles. The molecule has 0 unspecified atom stereocenters. The molecule has 0 atom stereocenters. The average molecular weight is 386 g/mol. The molecule has 0 aliphatic heterocycles. The van der Waals surface area contributed by atoms with Gasteiger partial charge in [0.1, 0.15) is 5.82 Å². The number of hydrogen-bond acceptors (Lipinski definition) is 3. The zero-order valence-corrected chi connectivity index (χ0v) is 16.1. The molecule has 144 valence electrons. The van der Waals surface area contributed by atoms with Crippen molar-refractivity contribution in [1.82, 2.24) is 14.8 Å². The van der Waals surface area contributed by atoms with Crippen molar-refractivity contribution >= 4 is 11.6 Å². The van der Waals surface area contributed by atoms with Crippen molar-refractivity contribution < 1.29 is 9.18 Å². The predicted molar refractivity (Wildman–Crippen MR) is 111 cm³/mol. The maximum Gasteiger partial charge on any atom is 0.276 e. The maximum atomic E-state index is 13.4. The number of carbonyl (C=O) groups excluding carboxylic acids is 1. The summed E-state index contributed by atoms with van der Waals surface area (Å²) >= 11 is 0. The summed E-state index contributed by atoms with van der Waals surface area (Å²) in [5, 5.41) is 7.42. The molecule has 0 aliphatic rings. The molecule has 2 aromatic carbocycles. The van der Waals surface area contributed by atoms with Crippen molar-refractivity contribution in [1.29, 1.82) is 0 Å². The number of halogens is 1. The second-order valence-corrected chi connectivity index (χ2v) is 6.82. The summed E-state index contributed by atoms with van der Waals surface area (Å²) in [6, 6.07) is 17.2. The molecule has 0 saturated heterocycles. The Balaban J connectivity index is 1.75. The van der Waals surface area contributed by atoms with Crippen LogP contribution >= 0.6 is 0 Å². The van der Waals surface area contributed by atoms with Crippen molar-refractivity contribution in [2.24, 2.45) is 0 Å². The van der Waals surface area contributed by atoms with Crippen molar-refractivity contribution in [3.63, 3.8) is 0 Å². The monoisotopic (exact) mass is 386 g/mol. The summed E-state index contributed by atoms with van der Waals surface area (Å²) in [7, 11) is 0. The summed E-state index contributed by atoms with van der Waals surface area (Å²) in [6.45, 7) is 3.91. The highest BCUT2D eigenvalue weighted by atomic mass is 19.1. The highest BCUT2D eigenvalue weighted by Crippen LogP contribution is 2.25. The van der Waals surface area contributed by atoms with Gasteiger partial charge in [-0.25, -0.2) is 9.07 Å². The molecular formula is C23H19FN4O. The number of benzene rings is 2. The third-order valence-electron chi connectivity index (χ3n) is 4.61. The number of pyridine rings is 1. The van der Waals surface area contributed by atoms with Crippen LogP contribution in [0.15, 0.2) is 73.1 Å². The molecular weight excluding hydrogens is 367 g/mol. The van der Waals surface area contributed by atoms with Crippen LogP contribution in [0.5, 0.6) is 0 Å². The van der Waals surface area contributed by atoms with Crippen LogP contribution in [0.2, 0.25) is 0 Å². The standard InChI is InChI=1S/C23H19FN4O/c1-15-5-6-16(2)20(12-15)26-23(29)21-13-22(17-4-3-11-25-14-17)28(27-21)19-9-7-18(24)8-10-19/h3-14H,1-2H3,(H,26,29). The number of hydrogen-bond donors (Lipinski definition) is 1. The van der Waals surface area contributed by atoms with E-state index in [1.54, 1.807) is 35.3 Å². The molecule has 6 heteroatoms. The number of nitrogens with one attached hydrogen (secondary N) is 1. The number of aromatic nitrogens is 3. The van der Waals surface area contributed by atoms with Gasteiger partial charge < -0.3 is 5.32 Å². The van der Waals surface area contributed by atoms with Gasteiger partial charge in [0, 0.05) is 23.6 Å². The van der Waals surface area contributed by atoms with Gasteiger partial charge in [0.05, 0.1) is 11.4 Å². The van der Waals surface area contributed by atoms with Gasteiger partial charge in [0.15, 0.2) is 5.69 Å². The van der Waals surface area contributed by atoms with E-state index in [0.29, 0.717) is 11.4 Å². The van der Waals surface area contributed by atoms with Gasteiger partial charge in [-0.15, -0.1) is 0 Å². The summed E-state index contributed by atoms with van der Waals surface area (Å²) in [6.07, 6.45) is 3.37. The lowest BCUT2D eigenvalue weighted by molar-refractivity contribution is 0.102. The number of anilines is 1. The summed E-state index contributed by atoms with van der Waals surface area (Å²) in [4.78, 5) is 17.0. The normalized spacial score (nSPS) is 10.7. The van der Waals surface area contributed by atoms with E-state index in [4.69, 9.17) is 0 Å². The topological polar surface area (TPSA) is 59.8 Å². The zero-order valence-electron chi connectivity index (χ0n) is 16.1. The van der Waals surface area contributed by atoms with Gasteiger partial charge in [-0.3, -0.25) is 9.78 Å². The predicted octanol–water partition coefficient (Wildman–Crippen LogP) is 4.94. The number of carbonyl (C=O) groups is 1. The van der Waals surface area contributed by atoms with Gasteiger partial charge in [0.25, 0.3) is 5.91 Å². The van der Waals surface area contributed by atoms with Gasteiger partial charge in [0.2, 0.25) is 0 Å². The lowest BCUT2D eigenvalue weighted by Crippen LogP contribution is -2.14. The number of amides is 1. The minimum atomic E-state index is -0.336. The van der Waals surface area contributed by atoms with Crippen molar-refractivity contribution in [2.45, 2.75) is 13.8 Å². The summed E-state index contributed by atoms with van der Waals surface area (Å²) in [5.41, 5.74) is 5.17. The van der Waals surface area contributed by atoms with Crippen LogP contribution in [-0.2, 0) is 0 Å². The van der Waals surface area contributed by atoms with Gasteiger partial charge in [-0.05, 0) is 73.5 Å². The van der Waals surface area contributed by atoms with Crippen LogP contribution in [0.3, 0.4) is 0 Å². The number of nitrogens with zero attached hydrogens (tertiary/aromatic N) is 3. The van der Waals surface area contributed by atoms with E-state index in [9.17, 15) is 9.18 Å². The number of rotatable bonds is 4. The minimum absolute atomic E-state index is 0.258. The Morgan fingerprint density at radius 1 is 1.03 bits per heavy atom. The first-order chi connectivity index (χ1) is 14.0. The van der Waals surface area contributed by atoms with E-state index in [1.807, 2.05) is 44.2 Å². The molecule has 1 N–H and O–H groups in total. The Labute approximate surface area is 167 Å². The van der Waals surface area contributed by atoms with E-state index >= 15 is 0 Å². The molecule has 0 bridgehead atoms. The van der Waals surface area contributed by atoms with Crippen LogP contribution in [-0.4, -0.2) is 20.7 Å². The molecule has 0 spiro atoms. The average Bonchev–Trinajstić information content (AvgIpc) is 3.17.